The fraction of sp³-hybridized carbons (Fsp3) is 0.609. The molecular formula is C23H36N3+. The SMILES string of the molecule is CCC(c1ccc(C(C)C)cc1)[N+]1(CC)C=C(NC2CCCCC2)C=N1. The van der Waals surface area contributed by atoms with Crippen LogP contribution in [0.25, 0.3) is 0 Å². The highest BCUT2D eigenvalue weighted by atomic mass is 15.6. The highest BCUT2D eigenvalue weighted by molar-refractivity contribution is 5.78. The van der Waals surface area contributed by atoms with Crippen LogP contribution in [0.5, 0.6) is 0 Å². The van der Waals surface area contributed by atoms with Gasteiger partial charge in [-0.25, -0.2) is 0 Å². The number of benzene rings is 1. The van der Waals surface area contributed by atoms with Gasteiger partial charge in [0, 0.05) is 18.0 Å². The van der Waals surface area contributed by atoms with Crippen molar-refractivity contribution in [3.8, 4) is 0 Å². The molecule has 2 unspecified atom stereocenters. The van der Waals surface area contributed by atoms with E-state index in [-0.39, 0.29) is 0 Å². The first kappa shape index (κ1) is 19.2. The number of quaternary nitrogens is 1. The largest absolute Gasteiger partial charge is 0.377 e. The molecule has 1 saturated carbocycles. The third-order valence-electron chi connectivity index (χ3n) is 6.17. The first-order valence-electron chi connectivity index (χ1n) is 10.6. The molecule has 0 aromatic heterocycles. The lowest BCUT2D eigenvalue weighted by molar-refractivity contribution is -0.913. The van der Waals surface area contributed by atoms with E-state index in [0.29, 0.717) is 22.6 Å². The van der Waals surface area contributed by atoms with Crippen LogP contribution >= 0.6 is 0 Å². The minimum absolute atomic E-state index is 0.378. The summed E-state index contributed by atoms with van der Waals surface area (Å²) in [5.41, 5.74) is 4.02. The van der Waals surface area contributed by atoms with E-state index in [1.807, 2.05) is 0 Å². The Morgan fingerprint density at radius 3 is 2.27 bits per heavy atom. The number of hydrogen-bond acceptors (Lipinski definition) is 2. The summed E-state index contributed by atoms with van der Waals surface area (Å²) >= 11 is 0. The lowest BCUT2D eigenvalue weighted by Crippen LogP contribution is -2.39. The highest BCUT2D eigenvalue weighted by Crippen LogP contribution is 2.36. The van der Waals surface area contributed by atoms with E-state index in [2.05, 4.69) is 69.7 Å². The van der Waals surface area contributed by atoms with E-state index in [1.54, 1.807) is 0 Å². The molecule has 3 nitrogen and oxygen atoms in total. The Labute approximate surface area is 159 Å². The molecule has 2 aliphatic rings. The summed E-state index contributed by atoms with van der Waals surface area (Å²) in [6.07, 6.45) is 12.2. The van der Waals surface area contributed by atoms with Crippen molar-refractivity contribution in [2.24, 2.45) is 5.10 Å². The van der Waals surface area contributed by atoms with Crippen molar-refractivity contribution >= 4 is 6.21 Å². The molecule has 0 radical (unpaired) electrons. The third-order valence-corrected chi connectivity index (χ3v) is 6.17. The summed E-state index contributed by atoms with van der Waals surface area (Å²) in [6.45, 7) is 10.0. The molecule has 26 heavy (non-hydrogen) atoms. The van der Waals surface area contributed by atoms with Crippen molar-refractivity contribution < 1.29 is 4.59 Å². The van der Waals surface area contributed by atoms with Crippen molar-refractivity contribution in [2.45, 2.75) is 84.2 Å². The van der Waals surface area contributed by atoms with Gasteiger partial charge in [-0.1, -0.05) is 69.4 Å². The monoisotopic (exact) mass is 354 g/mol. The molecule has 0 amide bonds. The summed E-state index contributed by atoms with van der Waals surface area (Å²) < 4.78 is 0.687. The van der Waals surface area contributed by atoms with E-state index in [0.717, 1.165) is 13.0 Å². The number of rotatable bonds is 7. The van der Waals surface area contributed by atoms with E-state index in [4.69, 9.17) is 5.10 Å². The van der Waals surface area contributed by atoms with Crippen LogP contribution in [-0.4, -0.2) is 23.4 Å². The van der Waals surface area contributed by atoms with Gasteiger partial charge in [-0.3, -0.25) is 0 Å². The summed E-state index contributed by atoms with van der Waals surface area (Å²) in [7, 11) is 0. The van der Waals surface area contributed by atoms with E-state index in [9.17, 15) is 0 Å². The van der Waals surface area contributed by atoms with Gasteiger partial charge in [-0.15, -0.1) is 0 Å². The minimum atomic E-state index is 0.378. The summed E-state index contributed by atoms with van der Waals surface area (Å²) in [5, 5.41) is 8.75. The standard InChI is InChI=1S/C23H36N3/c1-5-23(20-14-12-19(13-15-20)18(3)4)26(6-2)17-22(16-24-26)25-21-10-8-7-9-11-21/h12-18,21,23,25H,5-11H2,1-4H3/q+1. The van der Waals surface area contributed by atoms with Crippen LogP contribution in [0, 0.1) is 0 Å². The van der Waals surface area contributed by atoms with Gasteiger partial charge >= 0.3 is 0 Å². The molecule has 1 N–H and O–H groups in total. The van der Waals surface area contributed by atoms with Gasteiger partial charge in [0.1, 0.15) is 30.7 Å². The van der Waals surface area contributed by atoms with Crippen LogP contribution in [0.3, 0.4) is 0 Å². The molecule has 2 atom stereocenters. The second-order valence-corrected chi connectivity index (χ2v) is 8.26. The molecule has 0 bridgehead atoms. The normalized spacial score (nSPS) is 24.7. The summed E-state index contributed by atoms with van der Waals surface area (Å²) in [5.74, 6) is 0.578. The molecule has 0 saturated heterocycles. The van der Waals surface area contributed by atoms with Crippen LogP contribution in [-0.2, 0) is 0 Å². The first-order chi connectivity index (χ1) is 12.6. The zero-order chi connectivity index (χ0) is 18.6. The van der Waals surface area contributed by atoms with E-state index < -0.39 is 0 Å². The molecule has 1 fully saturated rings. The number of nitrogens with one attached hydrogen (secondary N) is 1. The smallest absolute Gasteiger partial charge is 0.148 e. The quantitative estimate of drug-likeness (QED) is 0.609. The maximum Gasteiger partial charge on any atom is 0.148 e. The fourth-order valence-electron chi connectivity index (χ4n) is 4.51. The Kier molecular flexibility index (Phi) is 6.18. The summed E-state index contributed by atoms with van der Waals surface area (Å²) in [6, 6.07) is 10.2. The summed E-state index contributed by atoms with van der Waals surface area (Å²) in [4.78, 5) is 0. The lowest BCUT2D eigenvalue weighted by Gasteiger charge is -2.33. The van der Waals surface area contributed by atoms with Crippen LogP contribution in [0.2, 0.25) is 0 Å². The van der Waals surface area contributed by atoms with Crippen LogP contribution < -0.4 is 5.32 Å². The molecule has 1 aromatic carbocycles. The maximum atomic E-state index is 5.00. The van der Waals surface area contributed by atoms with Gasteiger partial charge in [-0.05, 0) is 31.2 Å². The van der Waals surface area contributed by atoms with Gasteiger partial charge in [0.15, 0.2) is 0 Å². The molecular weight excluding hydrogens is 318 g/mol. The molecule has 3 heteroatoms. The van der Waals surface area contributed by atoms with Gasteiger partial charge in [0.2, 0.25) is 0 Å². The first-order valence-corrected chi connectivity index (χ1v) is 10.6. The van der Waals surface area contributed by atoms with Crippen molar-refractivity contribution in [2.75, 3.05) is 6.54 Å². The molecule has 142 valence electrons. The van der Waals surface area contributed by atoms with Crippen molar-refractivity contribution in [1.82, 2.24) is 5.32 Å². The average molecular weight is 355 g/mol. The lowest BCUT2D eigenvalue weighted by atomic mass is 9.95. The van der Waals surface area contributed by atoms with Gasteiger partial charge in [0.25, 0.3) is 0 Å². The van der Waals surface area contributed by atoms with E-state index >= 15 is 0 Å². The molecule has 1 aliphatic carbocycles. The molecule has 0 spiro atoms. The van der Waals surface area contributed by atoms with E-state index in [1.165, 1.54) is 48.9 Å². The molecule has 1 aliphatic heterocycles. The Bertz CT molecular complexity index is 638. The topological polar surface area (TPSA) is 24.4 Å². The molecule has 3 rings (SSSR count). The predicted molar refractivity (Wildman–Crippen MR) is 111 cm³/mol. The average Bonchev–Trinajstić information content (AvgIpc) is 3.07. The maximum absolute atomic E-state index is 5.00. The second kappa shape index (κ2) is 8.39. The molecule has 1 aromatic rings. The molecule has 1 heterocycles. The third kappa shape index (κ3) is 4.03. The predicted octanol–water partition coefficient (Wildman–Crippen LogP) is 5.86. The Hall–Kier alpha value is -1.61. The second-order valence-electron chi connectivity index (χ2n) is 8.26. The minimum Gasteiger partial charge on any atom is -0.377 e. The highest BCUT2D eigenvalue weighted by Gasteiger charge is 2.38. The number of nitrogens with zero attached hydrogens (tertiary/aromatic N) is 2. The van der Waals surface area contributed by atoms with Crippen LogP contribution in [0.4, 0.5) is 0 Å². The van der Waals surface area contributed by atoms with Crippen LogP contribution in [0.15, 0.2) is 41.3 Å². The Morgan fingerprint density at radius 1 is 1.04 bits per heavy atom. The Balaban J connectivity index is 1.79. The van der Waals surface area contributed by atoms with Crippen molar-refractivity contribution in [3.63, 3.8) is 0 Å². The number of hydrogen-bond donors (Lipinski definition) is 1. The van der Waals surface area contributed by atoms with Gasteiger partial charge in [0.05, 0.1) is 0 Å². The zero-order valence-corrected chi connectivity index (χ0v) is 17.0. The van der Waals surface area contributed by atoms with Crippen molar-refractivity contribution in [1.29, 1.82) is 0 Å². The fourth-order valence-corrected chi connectivity index (χ4v) is 4.51. The zero-order valence-electron chi connectivity index (χ0n) is 17.0. The van der Waals surface area contributed by atoms with Crippen molar-refractivity contribution in [3.05, 3.63) is 47.3 Å². The Morgan fingerprint density at radius 2 is 1.69 bits per heavy atom. The van der Waals surface area contributed by atoms with Crippen LogP contribution in [0.1, 0.15) is 89.3 Å². The van der Waals surface area contributed by atoms with Gasteiger partial charge < -0.3 is 5.32 Å². The van der Waals surface area contributed by atoms with Gasteiger partial charge in [-0.2, -0.15) is 4.59 Å². The number of allylic oxidation sites excluding steroid dienone is 1.